The van der Waals surface area contributed by atoms with Crippen molar-refractivity contribution in [1.29, 1.82) is 0 Å². The summed E-state index contributed by atoms with van der Waals surface area (Å²) in [6.45, 7) is 13.0. The maximum absolute atomic E-state index is 14.2. The molecule has 5 fully saturated rings. The van der Waals surface area contributed by atoms with Crippen molar-refractivity contribution < 1.29 is 82.1 Å². The molecule has 0 bridgehead atoms. The summed E-state index contributed by atoms with van der Waals surface area (Å²) >= 11 is 0. The van der Waals surface area contributed by atoms with Gasteiger partial charge in [0.15, 0.2) is 30.3 Å². The van der Waals surface area contributed by atoms with Crippen LogP contribution in [0.4, 0.5) is 4.39 Å². The lowest BCUT2D eigenvalue weighted by Gasteiger charge is -2.49. The van der Waals surface area contributed by atoms with E-state index in [9.17, 15) is 39.5 Å². The van der Waals surface area contributed by atoms with E-state index in [0.717, 1.165) is 0 Å². The van der Waals surface area contributed by atoms with Crippen LogP contribution in [0.3, 0.4) is 0 Å². The van der Waals surface area contributed by atoms with Gasteiger partial charge in [0.1, 0.15) is 49.4 Å². The number of carbonyl (C=O) groups excluding carboxylic acids is 2. The summed E-state index contributed by atoms with van der Waals surface area (Å²) in [5.74, 6) is -4.52. The van der Waals surface area contributed by atoms with Crippen LogP contribution in [0.15, 0.2) is 0 Å². The summed E-state index contributed by atoms with van der Waals surface area (Å²) in [7, 11) is 5.14. The molecule has 0 aliphatic carbocycles. The van der Waals surface area contributed by atoms with Gasteiger partial charge in [0.25, 0.3) is 0 Å². The van der Waals surface area contributed by atoms with E-state index in [-0.39, 0.29) is 31.3 Å². The minimum atomic E-state index is -1.77. The van der Waals surface area contributed by atoms with Crippen LogP contribution in [-0.4, -0.2) is 187 Å². The Morgan fingerprint density at radius 1 is 0.729 bits per heavy atom. The molecule has 0 aromatic heterocycles. The van der Waals surface area contributed by atoms with Crippen LogP contribution in [0.5, 0.6) is 0 Å². The number of hydrogen-bond acceptors (Lipinski definition) is 17. The lowest BCUT2D eigenvalue weighted by molar-refractivity contribution is -0.356. The lowest BCUT2D eigenvalue weighted by Crippen LogP contribution is -2.63. The molecule has 5 aliphatic rings. The Kier molecular flexibility index (Phi) is 16.4. The standard InChI is InChI=1S/C41H70FNO16/c1-17-14-41(16-52-41)37(49)20(4)29(44)19(3)23(7)55-38(50)22(6)35(57-28-13-26(51-11)30(45)24(8)54-28)21(5)34(17)58-40-36(25(43(9)10)12-18(2)53-40)59-39-33(48)32(47)31(46)27(15-42)56-39/h17-36,39-40,44-48H,12-16H2,1-11H3/t17-,18+,19-,20+,21+,22+,23+,24-,25-,26-,27+,28-,29-,30-,31-,32-,33+,34-,35-,36+,39-,40-,41-/m0/s1. The topological polar surface area (TPSA) is 225 Å². The predicted octanol–water partition coefficient (Wildman–Crippen LogP) is 0.710. The highest BCUT2D eigenvalue weighted by Crippen LogP contribution is 2.44. The first-order chi connectivity index (χ1) is 27.7. The number of methoxy groups -OCH3 is 1. The third-order valence-electron chi connectivity index (χ3n) is 13.5. The summed E-state index contributed by atoms with van der Waals surface area (Å²) in [5.41, 5.74) is -1.22. The van der Waals surface area contributed by atoms with Crippen LogP contribution in [-0.2, 0) is 52.2 Å². The van der Waals surface area contributed by atoms with Crippen molar-refractivity contribution in [2.75, 3.05) is 34.5 Å². The number of aliphatic hydroxyl groups excluding tert-OH is 5. The first kappa shape index (κ1) is 48.5. The van der Waals surface area contributed by atoms with Gasteiger partial charge in [-0.1, -0.05) is 27.7 Å². The van der Waals surface area contributed by atoms with Gasteiger partial charge in [-0.15, -0.1) is 0 Å². The third kappa shape index (κ3) is 10.5. The third-order valence-corrected chi connectivity index (χ3v) is 13.5. The quantitative estimate of drug-likeness (QED) is 0.159. The molecular weight excluding hydrogens is 781 g/mol. The van der Waals surface area contributed by atoms with Crippen molar-refractivity contribution in [2.45, 2.75) is 185 Å². The molecule has 342 valence electrons. The number of ketones is 1. The molecule has 5 N–H and O–H groups in total. The molecule has 5 rings (SSSR count). The number of halogens is 1. The summed E-state index contributed by atoms with van der Waals surface area (Å²) in [6, 6.07) is -0.433. The zero-order chi connectivity index (χ0) is 43.8. The Labute approximate surface area is 347 Å². The summed E-state index contributed by atoms with van der Waals surface area (Å²) in [5, 5.41) is 54.1. The molecule has 5 aliphatic heterocycles. The Hall–Kier alpha value is -1.49. The number of aliphatic hydroxyl groups is 5. The van der Waals surface area contributed by atoms with Crippen LogP contribution in [0.2, 0.25) is 0 Å². The molecule has 18 heteroatoms. The van der Waals surface area contributed by atoms with Gasteiger partial charge in [0, 0.05) is 37.3 Å². The Balaban J connectivity index is 1.56. The molecule has 17 nitrogen and oxygen atoms in total. The minimum absolute atomic E-state index is 0.129. The Morgan fingerprint density at radius 2 is 1.37 bits per heavy atom. The van der Waals surface area contributed by atoms with Gasteiger partial charge >= 0.3 is 5.97 Å². The zero-order valence-corrected chi connectivity index (χ0v) is 36.3. The number of esters is 1. The van der Waals surface area contributed by atoms with Crippen LogP contribution < -0.4 is 0 Å². The smallest absolute Gasteiger partial charge is 0.311 e. The van der Waals surface area contributed by atoms with Crippen molar-refractivity contribution in [3.05, 3.63) is 0 Å². The Bertz CT molecular complexity index is 1390. The number of ether oxygens (including phenoxy) is 9. The highest BCUT2D eigenvalue weighted by molar-refractivity contribution is 5.92. The maximum Gasteiger partial charge on any atom is 0.311 e. The van der Waals surface area contributed by atoms with Gasteiger partial charge < -0.3 is 73.1 Å². The number of carbonyl (C=O) groups is 2. The molecule has 0 aromatic carbocycles. The molecule has 0 saturated carbocycles. The molecule has 0 radical (unpaired) electrons. The van der Waals surface area contributed by atoms with E-state index in [2.05, 4.69) is 0 Å². The average molecular weight is 852 g/mol. The molecule has 1 spiro atoms. The second kappa shape index (κ2) is 19.9. The van der Waals surface area contributed by atoms with E-state index in [1.807, 2.05) is 39.8 Å². The highest BCUT2D eigenvalue weighted by Gasteiger charge is 2.58. The van der Waals surface area contributed by atoms with Gasteiger partial charge in [-0.3, -0.25) is 9.59 Å². The van der Waals surface area contributed by atoms with E-state index in [0.29, 0.717) is 6.42 Å². The van der Waals surface area contributed by atoms with Gasteiger partial charge in [-0.05, 0) is 60.5 Å². The molecule has 5 saturated heterocycles. The summed E-state index contributed by atoms with van der Waals surface area (Å²) in [6.07, 6.45) is -17.1. The summed E-state index contributed by atoms with van der Waals surface area (Å²) in [4.78, 5) is 30.2. The lowest BCUT2D eigenvalue weighted by atomic mass is 9.76. The number of rotatable bonds is 9. The van der Waals surface area contributed by atoms with Crippen molar-refractivity contribution in [1.82, 2.24) is 4.90 Å². The largest absolute Gasteiger partial charge is 0.462 e. The number of alkyl halides is 1. The van der Waals surface area contributed by atoms with Gasteiger partial charge in [-0.25, -0.2) is 4.39 Å². The monoisotopic (exact) mass is 851 g/mol. The van der Waals surface area contributed by atoms with Gasteiger partial charge in [-0.2, -0.15) is 0 Å². The second-order valence-electron chi connectivity index (χ2n) is 18.1. The second-order valence-corrected chi connectivity index (χ2v) is 18.1. The molecule has 0 amide bonds. The number of hydrogen-bond donors (Lipinski definition) is 5. The predicted molar refractivity (Wildman–Crippen MR) is 205 cm³/mol. The summed E-state index contributed by atoms with van der Waals surface area (Å²) < 4.78 is 69.8. The van der Waals surface area contributed by atoms with E-state index < -0.39 is 146 Å². The van der Waals surface area contributed by atoms with Gasteiger partial charge in [0.2, 0.25) is 0 Å². The number of epoxide rings is 1. The van der Waals surface area contributed by atoms with E-state index in [4.69, 9.17) is 42.6 Å². The minimum Gasteiger partial charge on any atom is -0.462 e. The first-order valence-electron chi connectivity index (χ1n) is 21.1. The number of Topliss-reactive ketones (excluding diaryl/α,β-unsaturated/α-hetero) is 1. The zero-order valence-electron chi connectivity index (χ0n) is 36.3. The molecule has 23 atom stereocenters. The van der Waals surface area contributed by atoms with Crippen LogP contribution in [0.1, 0.15) is 74.7 Å². The average Bonchev–Trinajstić information content (AvgIpc) is 3.98. The van der Waals surface area contributed by atoms with Crippen LogP contribution >= 0.6 is 0 Å². The van der Waals surface area contributed by atoms with E-state index in [1.165, 1.54) is 7.11 Å². The van der Waals surface area contributed by atoms with E-state index >= 15 is 0 Å². The molecular formula is C41H70FNO16. The fourth-order valence-corrected chi connectivity index (χ4v) is 9.34. The normalized spacial score (nSPS) is 50.7. The molecule has 5 heterocycles. The van der Waals surface area contributed by atoms with Crippen molar-refractivity contribution in [3.63, 3.8) is 0 Å². The molecule has 0 unspecified atom stereocenters. The molecule has 59 heavy (non-hydrogen) atoms. The van der Waals surface area contributed by atoms with Crippen molar-refractivity contribution in [2.24, 2.45) is 29.6 Å². The fourth-order valence-electron chi connectivity index (χ4n) is 9.34. The first-order valence-corrected chi connectivity index (χ1v) is 21.1. The highest BCUT2D eigenvalue weighted by atomic mass is 19.1. The maximum atomic E-state index is 14.2. The fraction of sp³-hybridized carbons (Fsp3) is 0.951. The van der Waals surface area contributed by atoms with Crippen LogP contribution in [0, 0.1) is 29.6 Å². The van der Waals surface area contributed by atoms with Crippen molar-refractivity contribution in [3.8, 4) is 0 Å². The Morgan fingerprint density at radius 3 is 1.97 bits per heavy atom. The number of nitrogens with zero attached hydrogens (tertiary/aromatic N) is 1. The van der Waals surface area contributed by atoms with Crippen LogP contribution in [0.25, 0.3) is 0 Å². The number of likely N-dealkylation sites (N-methyl/N-ethyl adjacent to an activating group) is 1. The SMILES string of the molecule is CO[C@H]1C[C@H](O[C@H]2[C@H](C)[C@@H](O[C@@H]3O[C@H](C)C[C@H](N(C)C)[C@H]3O[C@@H]3O[C@H](CF)[C@H](O)[C@H](O)[C@H]3O)[C@@H](C)C[C@]3(CO3)C(=O)[C@H](C)[C@@H](O)[C@@H](C)[C@@H](C)OC(=O)[C@@H]2C)O[C@@H](C)[C@@H]1O. The number of cyclic esters (lactones) is 1. The van der Waals surface area contributed by atoms with E-state index in [1.54, 1.807) is 34.6 Å². The van der Waals surface area contributed by atoms with Crippen molar-refractivity contribution >= 4 is 11.8 Å². The molecule has 0 aromatic rings. The van der Waals surface area contributed by atoms with Gasteiger partial charge in [0.05, 0.1) is 49.1 Å².